The van der Waals surface area contributed by atoms with Crippen molar-refractivity contribution in [2.24, 2.45) is 0 Å². The second-order valence-electron chi connectivity index (χ2n) is 2.76. The van der Waals surface area contributed by atoms with Crippen LogP contribution in [-0.2, 0) is 26.9 Å². The van der Waals surface area contributed by atoms with Crippen LogP contribution in [0.1, 0.15) is 0 Å². The summed E-state index contributed by atoms with van der Waals surface area (Å²) in [5.74, 6) is 0. The van der Waals surface area contributed by atoms with E-state index in [1.807, 2.05) is 0 Å². The summed E-state index contributed by atoms with van der Waals surface area (Å²) in [5, 5.41) is 0. The van der Waals surface area contributed by atoms with E-state index >= 15 is 0 Å². The molecule has 0 unspecified atom stereocenters. The van der Waals surface area contributed by atoms with Crippen molar-refractivity contribution in [3.63, 3.8) is 0 Å². The normalized spacial score (nSPS) is 13.2. The van der Waals surface area contributed by atoms with Crippen molar-refractivity contribution >= 4 is 16.4 Å². The quantitative estimate of drug-likeness (QED) is 0.564. The van der Waals surface area contributed by atoms with E-state index in [1.165, 1.54) is 21.3 Å². The summed E-state index contributed by atoms with van der Waals surface area (Å²) in [7, 11) is 3.51. The van der Waals surface area contributed by atoms with E-state index in [9.17, 15) is 0 Å². The van der Waals surface area contributed by atoms with Crippen molar-refractivity contribution in [1.29, 1.82) is 0 Å². The van der Waals surface area contributed by atoms with Gasteiger partial charge in [0.2, 0.25) is 0 Å². The van der Waals surface area contributed by atoms with E-state index in [0.717, 1.165) is 0 Å². The van der Waals surface area contributed by atoms with Gasteiger partial charge in [-0.15, -0.1) is 0 Å². The molecule has 8 heteroatoms. The Hall–Kier alpha value is 0.194. The molecule has 0 aliphatic heterocycles. The molecule has 0 aromatic carbocycles. The molecule has 0 spiro atoms. The molecule has 15 heavy (non-hydrogen) atoms. The summed E-state index contributed by atoms with van der Waals surface area (Å²) in [6.07, 6.45) is 0.293. The van der Waals surface area contributed by atoms with Crippen LogP contribution in [0.25, 0.3) is 0 Å². The molecule has 92 valence electrons. The molecule has 0 heterocycles. The zero-order valence-electron chi connectivity index (χ0n) is 10.2. The molecule has 6 nitrogen and oxygen atoms in total. The summed E-state index contributed by atoms with van der Waals surface area (Å²) >= 11 is 0. The Morgan fingerprint density at radius 2 is 1.07 bits per heavy atom. The van der Waals surface area contributed by atoms with Gasteiger partial charge in [-0.2, -0.15) is 0 Å². The predicted molar refractivity (Wildman–Crippen MR) is 58.4 cm³/mol. The van der Waals surface area contributed by atoms with E-state index in [4.69, 9.17) is 26.9 Å². The Morgan fingerprint density at radius 3 is 1.27 bits per heavy atom. The fourth-order valence-corrected chi connectivity index (χ4v) is 9.60. The molecular formula is C7H20O6Si2. The lowest BCUT2D eigenvalue weighted by atomic mass is 11.5. The largest absolute Gasteiger partial charge is 0.541 e. The van der Waals surface area contributed by atoms with Gasteiger partial charge in [0.1, 0.15) is 0 Å². The van der Waals surface area contributed by atoms with Crippen LogP contribution in [0.4, 0.5) is 0 Å². The van der Waals surface area contributed by atoms with Crippen LogP contribution in [-0.4, -0.2) is 65.3 Å². The Bertz CT molecular complexity index is 163. The lowest BCUT2D eigenvalue weighted by Gasteiger charge is -2.37. The highest BCUT2D eigenvalue weighted by Gasteiger charge is 2.67. The van der Waals surface area contributed by atoms with Crippen LogP contribution >= 0.6 is 0 Å². The van der Waals surface area contributed by atoms with Gasteiger partial charge in [-0.3, -0.25) is 0 Å². The van der Waals surface area contributed by atoms with Gasteiger partial charge in [-0.05, 0) is 0 Å². The number of methoxy groups -OCH3 is 1. The average Bonchev–Trinajstić information content (AvgIpc) is 2.30. The Balaban J connectivity index is 5.13. The Labute approximate surface area is 92.8 Å². The third-order valence-electron chi connectivity index (χ3n) is 2.27. The van der Waals surface area contributed by atoms with E-state index in [2.05, 4.69) is 0 Å². The minimum atomic E-state index is -2.95. The van der Waals surface area contributed by atoms with E-state index < -0.39 is 16.4 Å². The molecule has 0 rings (SSSR count). The summed E-state index contributed by atoms with van der Waals surface area (Å²) in [4.78, 5) is 0. The van der Waals surface area contributed by atoms with Crippen LogP contribution in [0.2, 0.25) is 0 Å². The molecule has 0 radical (unpaired) electrons. The van der Waals surface area contributed by atoms with Crippen LogP contribution < -0.4 is 0 Å². The van der Waals surface area contributed by atoms with Crippen molar-refractivity contribution in [1.82, 2.24) is 0 Å². The van der Waals surface area contributed by atoms with Crippen LogP contribution in [0.5, 0.6) is 0 Å². The monoisotopic (exact) mass is 256 g/mol. The highest BCUT2D eigenvalue weighted by molar-refractivity contribution is 7.29. The van der Waals surface area contributed by atoms with Gasteiger partial charge in [0, 0.05) is 42.7 Å². The molecular weight excluding hydrogens is 236 g/mol. The zero-order chi connectivity index (χ0) is 11.9. The number of ether oxygens (including phenoxy) is 1. The first kappa shape index (κ1) is 15.2. The molecule has 0 amide bonds. The van der Waals surface area contributed by atoms with E-state index in [-0.39, 0.29) is 0 Å². The van der Waals surface area contributed by atoms with Gasteiger partial charge in [-0.1, -0.05) is 0 Å². The van der Waals surface area contributed by atoms with Gasteiger partial charge in [0.25, 0.3) is 0 Å². The van der Waals surface area contributed by atoms with E-state index in [1.54, 1.807) is 21.3 Å². The molecule has 0 aromatic rings. The van der Waals surface area contributed by atoms with Crippen molar-refractivity contribution in [2.45, 2.75) is 0 Å². The van der Waals surface area contributed by atoms with Crippen molar-refractivity contribution in [2.75, 3.05) is 48.9 Å². The van der Waals surface area contributed by atoms with Crippen molar-refractivity contribution < 1.29 is 26.9 Å². The zero-order valence-corrected chi connectivity index (χ0v) is 12.2. The first-order valence-corrected chi connectivity index (χ1v) is 9.11. The van der Waals surface area contributed by atoms with E-state index in [0.29, 0.717) is 6.23 Å². The van der Waals surface area contributed by atoms with Gasteiger partial charge >= 0.3 is 16.4 Å². The molecule has 0 atom stereocenters. The van der Waals surface area contributed by atoms with Gasteiger partial charge < -0.3 is 26.9 Å². The Kier molecular flexibility index (Phi) is 6.79. The fourth-order valence-electron chi connectivity index (χ4n) is 1.45. The third kappa shape index (κ3) is 2.66. The van der Waals surface area contributed by atoms with Crippen LogP contribution in [0.3, 0.4) is 0 Å². The second kappa shape index (κ2) is 6.71. The molecule has 0 aliphatic carbocycles. The first-order valence-electron chi connectivity index (χ1n) is 4.36. The lowest BCUT2D eigenvalue weighted by Crippen LogP contribution is -2.73. The summed E-state index contributed by atoms with van der Waals surface area (Å²) in [6.45, 7) is 0. The molecule has 0 saturated carbocycles. The van der Waals surface area contributed by atoms with Crippen molar-refractivity contribution in [3.8, 4) is 0 Å². The summed E-state index contributed by atoms with van der Waals surface area (Å²) in [6, 6.07) is 0. The molecule has 0 fully saturated rings. The van der Waals surface area contributed by atoms with Crippen molar-refractivity contribution in [3.05, 3.63) is 0 Å². The van der Waals surface area contributed by atoms with Gasteiger partial charge in [-0.25, -0.2) is 0 Å². The lowest BCUT2D eigenvalue weighted by molar-refractivity contribution is 0.100. The molecule has 0 bridgehead atoms. The molecule has 0 saturated heterocycles. The SMILES string of the molecule is COC[Si](OC)(OC)[Si](OC)(OC)OC. The maximum atomic E-state index is 5.44. The minimum Gasteiger partial charge on any atom is -0.394 e. The molecule has 0 aromatic heterocycles. The standard InChI is InChI=1S/C7H20O6Si2/c1-8-7-14(9-2,10-3)15(11-4,12-5)13-6/h7H2,1-6H3. The highest BCUT2D eigenvalue weighted by Crippen LogP contribution is 2.23. The maximum Gasteiger partial charge on any atom is 0.541 e. The van der Waals surface area contributed by atoms with Crippen LogP contribution in [0, 0.1) is 0 Å². The number of rotatable bonds is 8. The third-order valence-corrected chi connectivity index (χ3v) is 13.1. The molecule has 0 aliphatic rings. The summed E-state index contributed by atoms with van der Waals surface area (Å²) < 4.78 is 32.1. The maximum absolute atomic E-state index is 5.44. The van der Waals surface area contributed by atoms with Gasteiger partial charge in [0.05, 0.1) is 6.23 Å². The van der Waals surface area contributed by atoms with Crippen LogP contribution in [0.15, 0.2) is 0 Å². The average molecular weight is 256 g/mol. The molecule has 0 N–H and O–H groups in total. The number of hydrogen-bond donors (Lipinski definition) is 0. The summed E-state index contributed by atoms with van der Waals surface area (Å²) in [5.41, 5.74) is 0. The predicted octanol–water partition coefficient (Wildman–Crippen LogP) is -0.136. The minimum absolute atomic E-state index is 0.293. The first-order chi connectivity index (χ1) is 7.11. The van der Waals surface area contributed by atoms with Gasteiger partial charge in [0.15, 0.2) is 0 Å². The highest BCUT2D eigenvalue weighted by atomic mass is 29.3. The Morgan fingerprint density at radius 1 is 0.667 bits per heavy atom. The number of hydrogen-bond acceptors (Lipinski definition) is 6. The fraction of sp³-hybridized carbons (Fsp3) is 1.00. The second-order valence-corrected chi connectivity index (χ2v) is 11.8. The topological polar surface area (TPSA) is 55.4 Å². The smallest absolute Gasteiger partial charge is 0.394 e.